The van der Waals surface area contributed by atoms with Crippen molar-refractivity contribution in [2.24, 2.45) is 5.92 Å². The maximum atomic E-state index is 5.33. The molecule has 1 N–H and O–H groups in total. The van der Waals surface area contributed by atoms with Crippen LogP contribution in [-0.2, 0) is 4.74 Å². The topological polar surface area (TPSA) is 24.5 Å². The van der Waals surface area contributed by atoms with Gasteiger partial charge in [0.1, 0.15) is 0 Å². The molecule has 3 nitrogen and oxygen atoms in total. The molecule has 1 unspecified atom stereocenters. The van der Waals surface area contributed by atoms with E-state index in [4.69, 9.17) is 4.74 Å². The second-order valence-corrected chi connectivity index (χ2v) is 6.77. The molecule has 0 radical (unpaired) electrons. The lowest BCUT2D eigenvalue weighted by atomic mass is 9.89. The first-order chi connectivity index (χ1) is 9.76. The minimum Gasteiger partial charge on any atom is -0.383 e. The molecular formula is C17H34N2O. The molecule has 0 saturated heterocycles. The first-order valence-corrected chi connectivity index (χ1v) is 8.74. The normalized spacial score (nSPS) is 28.8. The third kappa shape index (κ3) is 4.71. The van der Waals surface area contributed by atoms with Crippen LogP contribution in [0.5, 0.6) is 0 Å². The van der Waals surface area contributed by atoms with Gasteiger partial charge in [0.2, 0.25) is 0 Å². The first-order valence-electron chi connectivity index (χ1n) is 8.74. The Bertz CT molecular complexity index is 260. The van der Waals surface area contributed by atoms with E-state index in [9.17, 15) is 0 Å². The molecule has 2 fully saturated rings. The quantitative estimate of drug-likeness (QED) is 0.703. The summed E-state index contributed by atoms with van der Waals surface area (Å²) in [6.45, 7) is 7.87. The Labute approximate surface area is 125 Å². The average Bonchev–Trinajstić information content (AvgIpc) is 3.31. The van der Waals surface area contributed by atoms with Gasteiger partial charge in [-0.05, 0) is 64.3 Å². The van der Waals surface area contributed by atoms with Crippen LogP contribution in [0.25, 0.3) is 0 Å². The van der Waals surface area contributed by atoms with Gasteiger partial charge >= 0.3 is 0 Å². The summed E-state index contributed by atoms with van der Waals surface area (Å²) in [4.78, 5) is 2.76. The molecule has 0 aliphatic heterocycles. The van der Waals surface area contributed by atoms with Crippen molar-refractivity contribution >= 4 is 0 Å². The van der Waals surface area contributed by atoms with Gasteiger partial charge in [0.05, 0.1) is 6.61 Å². The van der Waals surface area contributed by atoms with Gasteiger partial charge < -0.3 is 10.1 Å². The van der Waals surface area contributed by atoms with E-state index in [1.807, 2.05) is 7.11 Å². The van der Waals surface area contributed by atoms with Crippen LogP contribution in [-0.4, -0.2) is 49.8 Å². The predicted molar refractivity (Wildman–Crippen MR) is 85.1 cm³/mol. The lowest BCUT2D eigenvalue weighted by molar-refractivity contribution is 0.0601. The van der Waals surface area contributed by atoms with E-state index in [1.54, 1.807) is 0 Å². The van der Waals surface area contributed by atoms with Crippen LogP contribution in [0.4, 0.5) is 0 Å². The molecule has 20 heavy (non-hydrogen) atoms. The van der Waals surface area contributed by atoms with Crippen molar-refractivity contribution in [3.8, 4) is 0 Å². The highest BCUT2D eigenvalue weighted by molar-refractivity contribution is 4.91. The molecule has 2 aliphatic rings. The van der Waals surface area contributed by atoms with Crippen LogP contribution < -0.4 is 5.32 Å². The second kappa shape index (κ2) is 8.35. The largest absolute Gasteiger partial charge is 0.383 e. The number of rotatable bonds is 9. The van der Waals surface area contributed by atoms with Crippen LogP contribution in [0.1, 0.15) is 58.8 Å². The van der Waals surface area contributed by atoms with Crippen molar-refractivity contribution in [3.05, 3.63) is 0 Å². The molecule has 2 aliphatic carbocycles. The fourth-order valence-corrected chi connectivity index (χ4v) is 3.72. The lowest BCUT2D eigenvalue weighted by Crippen LogP contribution is -2.48. The molecule has 118 valence electrons. The van der Waals surface area contributed by atoms with Crippen LogP contribution in [0, 0.1) is 5.92 Å². The van der Waals surface area contributed by atoms with Gasteiger partial charge in [-0.2, -0.15) is 0 Å². The number of hydrogen-bond acceptors (Lipinski definition) is 3. The number of nitrogens with one attached hydrogen (secondary N) is 1. The highest BCUT2D eigenvalue weighted by Gasteiger charge is 2.36. The summed E-state index contributed by atoms with van der Waals surface area (Å²) >= 11 is 0. The lowest BCUT2D eigenvalue weighted by Gasteiger charge is -2.40. The van der Waals surface area contributed by atoms with Gasteiger partial charge in [-0.15, -0.1) is 0 Å². The average molecular weight is 282 g/mol. The zero-order chi connectivity index (χ0) is 14.4. The van der Waals surface area contributed by atoms with Gasteiger partial charge in [-0.1, -0.05) is 6.92 Å². The highest BCUT2D eigenvalue weighted by atomic mass is 16.5. The van der Waals surface area contributed by atoms with Crippen LogP contribution in [0.15, 0.2) is 0 Å². The molecule has 2 saturated carbocycles. The third-order valence-electron chi connectivity index (χ3n) is 5.23. The fourth-order valence-electron chi connectivity index (χ4n) is 3.72. The van der Waals surface area contributed by atoms with Gasteiger partial charge in [0, 0.05) is 31.8 Å². The smallest absolute Gasteiger partial charge is 0.0589 e. The van der Waals surface area contributed by atoms with Crippen molar-refractivity contribution in [3.63, 3.8) is 0 Å². The van der Waals surface area contributed by atoms with E-state index in [0.29, 0.717) is 0 Å². The van der Waals surface area contributed by atoms with Crippen molar-refractivity contribution < 1.29 is 4.74 Å². The van der Waals surface area contributed by atoms with Crippen molar-refractivity contribution in [2.45, 2.75) is 76.9 Å². The monoisotopic (exact) mass is 282 g/mol. The fraction of sp³-hybridized carbons (Fsp3) is 1.00. The molecule has 0 heterocycles. The Morgan fingerprint density at radius 3 is 2.40 bits per heavy atom. The first kappa shape index (κ1) is 16.3. The zero-order valence-electron chi connectivity index (χ0n) is 13.7. The Morgan fingerprint density at radius 2 is 1.85 bits per heavy atom. The maximum absolute atomic E-state index is 5.33. The van der Waals surface area contributed by atoms with Gasteiger partial charge in [-0.25, -0.2) is 0 Å². The van der Waals surface area contributed by atoms with Gasteiger partial charge in [-0.3, -0.25) is 4.90 Å². The highest BCUT2D eigenvalue weighted by Crippen LogP contribution is 2.37. The number of hydrogen-bond donors (Lipinski definition) is 1. The van der Waals surface area contributed by atoms with Crippen molar-refractivity contribution in [1.82, 2.24) is 10.2 Å². The summed E-state index contributed by atoms with van der Waals surface area (Å²) in [6, 6.07) is 2.32. The molecule has 1 atom stereocenters. The maximum Gasteiger partial charge on any atom is 0.0589 e. The van der Waals surface area contributed by atoms with Crippen molar-refractivity contribution in [1.29, 1.82) is 0 Å². The van der Waals surface area contributed by atoms with E-state index < -0.39 is 0 Å². The van der Waals surface area contributed by atoms with E-state index in [-0.39, 0.29) is 0 Å². The Hall–Kier alpha value is -0.120. The Kier molecular flexibility index (Phi) is 6.79. The standard InChI is InChI=1S/C17H34N2O/c1-4-11-18-16-7-9-17(10-8-16)19(12-13-20-3)14(2)15-5-6-15/h14-18H,4-13H2,1-3H3. The number of nitrogens with zero attached hydrogens (tertiary/aromatic N) is 1. The van der Waals surface area contributed by atoms with Gasteiger partial charge in [0.15, 0.2) is 0 Å². The van der Waals surface area contributed by atoms with E-state index in [1.165, 1.54) is 51.5 Å². The number of ether oxygens (including phenoxy) is 1. The molecule has 2 rings (SSSR count). The minimum atomic E-state index is 0.760. The molecule has 0 amide bonds. The molecular weight excluding hydrogens is 248 g/mol. The summed E-state index contributed by atoms with van der Waals surface area (Å²) in [5.74, 6) is 0.961. The number of methoxy groups -OCH3 is 1. The summed E-state index contributed by atoms with van der Waals surface area (Å²) in [5, 5.41) is 3.70. The van der Waals surface area contributed by atoms with E-state index in [0.717, 1.165) is 37.2 Å². The molecule has 0 aromatic rings. The molecule has 0 spiro atoms. The van der Waals surface area contributed by atoms with Crippen LogP contribution in [0.2, 0.25) is 0 Å². The molecule has 0 aromatic heterocycles. The summed E-state index contributed by atoms with van der Waals surface area (Å²) in [7, 11) is 1.82. The predicted octanol–water partition coefficient (Wildman–Crippen LogP) is 3.04. The molecule has 0 bridgehead atoms. The van der Waals surface area contributed by atoms with Crippen LogP contribution in [0.3, 0.4) is 0 Å². The third-order valence-corrected chi connectivity index (χ3v) is 5.23. The summed E-state index contributed by atoms with van der Waals surface area (Å²) in [6.07, 6.45) is 9.57. The Morgan fingerprint density at radius 1 is 1.15 bits per heavy atom. The van der Waals surface area contributed by atoms with Crippen molar-refractivity contribution in [2.75, 3.05) is 26.8 Å². The van der Waals surface area contributed by atoms with Crippen LogP contribution >= 0.6 is 0 Å². The van der Waals surface area contributed by atoms with Gasteiger partial charge in [0.25, 0.3) is 0 Å². The van der Waals surface area contributed by atoms with E-state index >= 15 is 0 Å². The van der Waals surface area contributed by atoms with E-state index in [2.05, 4.69) is 24.1 Å². The summed E-state index contributed by atoms with van der Waals surface area (Å²) in [5.41, 5.74) is 0. The Balaban J connectivity index is 1.80. The minimum absolute atomic E-state index is 0.760. The second-order valence-electron chi connectivity index (χ2n) is 6.77. The SMILES string of the molecule is CCCNC1CCC(N(CCOC)C(C)C2CC2)CC1. The molecule has 0 aromatic carbocycles. The summed E-state index contributed by atoms with van der Waals surface area (Å²) < 4.78 is 5.33. The molecule has 3 heteroatoms. The zero-order valence-corrected chi connectivity index (χ0v) is 13.7.